The molecule has 0 radical (unpaired) electrons. The standard InChI is InChI=1S/C9H18F3N3O2S/c10-9(11,12)7-15-5-2-8(3-6-15)1-4-14-18(13,16)17/h8,14H,1-7H2,(H2,13,16,17). The Labute approximate surface area is 105 Å². The molecule has 0 atom stereocenters. The molecule has 0 bridgehead atoms. The van der Waals surface area contributed by atoms with Crippen LogP contribution in [-0.2, 0) is 10.2 Å². The highest BCUT2D eigenvalue weighted by molar-refractivity contribution is 7.87. The first-order chi connectivity index (χ1) is 8.16. The molecule has 0 aromatic rings. The van der Waals surface area contributed by atoms with Crippen LogP contribution >= 0.6 is 0 Å². The van der Waals surface area contributed by atoms with Gasteiger partial charge < -0.3 is 0 Å². The van der Waals surface area contributed by atoms with Crippen molar-refractivity contribution < 1.29 is 21.6 Å². The van der Waals surface area contributed by atoms with E-state index in [-0.39, 0.29) is 12.5 Å². The maximum absolute atomic E-state index is 12.1. The van der Waals surface area contributed by atoms with Crippen LogP contribution in [0, 0.1) is 5.92 Å². The number of likely N-dealkylation sites (tertiary alicyclic amines) is 1. The predicted molar refractivity (Wildman–Crippen MR) is 60.9 cm³/mol. The molecule has 0 aromatic carbocycles. The van der Waals surface area contributed by atoms with Crippen LogP contribution < -0.4 is 9.86 Å². The van der Waals surface area contributed by atoms with Crippen molar-refractivity contribution in [2.75, 3.05) is 26.2 Å². The summed E-state index contributed by atoms with van der Waals surface area (Å²) in [6.45, 7) is 0.178. The fraction of sp³-hybridized carbons (Fsp3) is 1.00. The Morgan fingerprint density at radius 1 is 1.28 bits per heavy atom. The van der Waals surface area contributed by atoms with Gasteiger partial charge >= 0.3 is 6.18 Å². The molecule has 0 saturated carbocycles. The third-order valence-corrected chi connectivity index (χ3v) is 3.57. The van der Waals surface area contributed by atoms with Crippen LogP contribution in [0.1, 0.15) is 19.3 Å². The van der Waals surface area contributed by atoms with E-state index in [9.17, 15) is 21.6 Å². The van der Waals surface area contributed by atoms with Crippen LogP contribution in [0.15, 0.2) is 0 Å². The summed E-state index contributed by atoms with van der Waals surface area (Å²) in [5.74, 6) is 0.253. The molecule has 0 spiro atoms. The molecule has 3 N–H and O–H groups in total. The van der Waals surface area contributed by atoms with Crippen LogP contribution in [0.5, 0.6) is 0 Å². The minimum atomic E-state index is -4.15. The van der Waals surface area contributed by atoms with Crippen molar-refractivity contribution in [2.24, 2.45) is 11.1 Å². The fourth-order valence-electron chi connectivity index (χ4n) is 2.09. The maximum Gasteiger partial charge on any atom is 0.401 e. The highest BCUT2D eigenvalue weighted by Gasteiger charge is 2.32. The first-order valence-corrected chi connectivity index (χ1v) is 7.27. The molecule has 1 aliphatic rings. The number of halogens is 3. The van der Waals surface area contributed by atoms with Gasteiger partial charge in [-0.2, -0.15) is 21.6 Å². The number of nitrogens with zero attached hydrogens (tertiary/aromatic N) is 1. The van der Waals surface area contributed by atoms with Gasteiger partial charge in [0, 0.05) is 6.54 Å². The Hall–Kier alpha value is -0.380. The normalized spacial score (nSPS) is 20.2. The lowest BCUT2D eigenvalue weighted by Gasteiger charge is -2.32. The van der Waals surface area contributed by atoms with Gasteiger partial charge in [-0.1, -0.05) is 0 Å². The van der Waals surface area contributed by atoms with Gasteiger partial charge in [-0.25, -0.2) is 9.86 Å². The van der Waals surface area contributed by atoms with Crippen LogP contribution in [-0.4, -0.2) is 45.7 Å². The van der Waals surface area contributed by atoms with Gasteiger partial charge in [-0.3, -0.25) is 4.90 Å². The molecule has 0 amide bonds. The second kappa shape index (κ2) is 6.18. The van der Waals surface area contributed by atoms with Crippen molar-refractivity contribution in [1.82, 2.24) is 9.62 Å². The number of rotatable bonds is 5. The minimum absolute atomic E-state index is 0.239. The van der Waals surface area contributed by atoms with Crippen molar-refractivity contribution in [2.45, 2.75) is 25.4 Å². The van der Waals surface area contributed by atoms with E-state index in [2.05, 4.69) is 4.72 Å². The second-order valence-electron chi connectivity index (χ2n) is 4.56. The average Bonchev–Trinajstić information content (AvgIpc) is 2.16. The minimum Gasteiger partial charge on any atom is -0.295 e. The van der Waals surface area contributed by atoms with Gasteiger partial charge in [0.2, 0.25) is 0 Å². The second-order valence-corrected chi connectivity index (χ2v) is 5.94. The average molecular weight is 289 g/mol. The SMILES string of the molecule is NS(=O)(=O)NCCC1CCN(CC(F)(F)F)CC1. The number of hydrogen-bond acceptors (Lipinski definition) is 3. The molecule has 1 aliphatic heterocycles. The molecule has 0 aliphatic carbocycles. The highest BCUT2D eigenvalue weighted by atomic mass is 32.2. The van der Waals surface area contributed by atoms with E-state index in [0.29, 0.717) is 32.4 Å². The molecule has 108 valence electrons. The molecule has 5 nitrogen and oxygen atoms in total. The Morgan fingerprint density at radius 2 is 1.83 bits per heavy atom. The molecule has 9 heteroatoms. The third kappa shape index (κ3) is 7.14. The summed E-state index contributed by atoms with van der Waals surface area (Å²) in [7, 11) is -3.67. The van der Waals surface area contributed by atoms with Gasteiger partial charge in [-0.05, 0) is 38.3 Å². The first kappa shape index (κ1) is 15.7. The third-order valence-electron chi connectivity index (χ3n) is 2.97. The Morgan fingerprint density at radius 3 is 2.28 bits per heavy atom. The van der Waals surface area contributed by atoms with Gasteiger partial charge in [0.1, 0.15) is 0 Å². The molecule has 1 heterocycles. The largest absolute Gasteiger partial charge is 0.401 e. The Balaban J connectivity index is 2.20. The topological polar surface area (TPSA) is 75.4 Å². The molecule has 1 saturated heterocycles. The first-order valence-electron chi connectivity index (χ1n) is 5.72. The van der Waals surface area contributed by atoms with Crippen LogP contribution in [0.25, 0.3) is 0 Å². The van der Waals surface area contributed by atoms with Crippen LogP contribution in [0.4, 0.5) is 13.2 Å². The van der Waals surface area contributed by atoms with E-state index >= 15 is 0 Å². The molecule has 1 rings (SSSR count). The summed E-state index contributed by atoms with van der Waals surface area (Å²) in [6.07, 6.45) is -2.23. The van der Waals surface area contributed by atoms with E-state index < -0.39 is 22.9 Å². The van der Waals surface area contributed by atoms with Gasteiger partial charge in [0.25, 0.3) is 10.2 Å². The summed E-state index contributed by atoms with van der Waals surface area (Å²) in [5.41, 5.74) is 0. The lowest BCUT2D eigenvalue weighted by Crippen LogP contribution is -2.40. The van der Waals surface area contributed by atoms with Crippen LogP contribution in [0.3, 0.4) is 0 Å². The van der Waals surface area contributed by atoms with Gasteiger partial charge in [0.15, 0.2) is 0 Å². The number of nitrogens with one attached hydrogen (secondary N) is 1. The summed E-state index contributed by atoms with van der Waals surface area (Å²) in [4.78, 5) is 1.38. The lowest BCUT2D eigenvalue weighted by atomic mass is 9.94. The molecule has 1 fully saturated rings. The van der Waals surface area contributed by atoms with Gasteiger partial charge in [-0.15, -0.1) is 0 Å². The zero-order chi connectivity index (χ0) is 13.8. The van der Waals surface area contributed by atoms with Crippen molar-refractivity contribution in [3.8, 4) is 0 Å². The van der Waals surface area contributed by atoms with Crippen molar-refractivity contribution in [3.05, 3.63) is 0 Å². The molecule has 18 heavy (non-hydrogen) atoms. The van der Waals surface area contributed by atoms with E-state index in [1.807, 2.05) is 0 Å². The summed E-state index contributed by atoms with van der Waals surface area (Å²) >= 11 is 0. The smallest absolute Gasteiger partial charge is 0.295 e. The molecular weight excluding hydrogens is 271 g/mol. The molecular formula is C9H18F3N3O2S. The molecule has 0 aromatic heterocycles. The van der Waals surface area contributed by atoms with E-state index in [1.54, 1.807) is 0 Å². The maximum atomic E-state index is 12.1. The van der Waals surface area contributed by atoms with Crippen molar-refractivity contribution >= 4 is 10.2 Å². The zero-order valence-corrected chi connectivity index (χ0v) is 10.7. The Kier molecular flexibility index (Phi) is 5.38. The fourth-order valence-corrected chi connectivity index (χ4v) is 2.49. The summed E-state index contributed by atoms with van der Waals surface area (Å²) in [5, 5.41) is 4.77. The van der Waals surface area contributed by atoms with E-state index in [0.717, 1.165) is 0 Å². The van der Waals surface area contributed by atoms with E-state index in [4.69, 9.17) is 5.14 Å². The van der Waals surface area contributed by atoms with Crippen molar-refractivity contribution in [3.63, 3.8) is 0 Å². The van der Waals surface area contributed by atoms with Gasteiger partial charge in [0.05, 0.1) is 6.54 Å². The number of hydrogen-bond donors (Lipinski definition) is 2. The highest BCUT2D eigenvalue weighted by Crippen LogP contribution is 2.23. The van der Waals surface area contributed by atoms with E-state index in [1.165, 1.54) is 4.90 Å². The summed E-state index contributed by atoms with van der Waals surface area (Å²) < 4.78 is 59.8. The van der Waals surface area contributed by atoms with Crippen LogP contribution in [0.2, 0.25) is 0 Å². The van der Waals surface area contributed by atoms with Crippen molar-refractivity contribution in [1.29, 1.82) is 0 Å². The number of piperidine rings is 1. The number of nitrogens with two attached hydrogens (primary N) is 1. The monoisotopic (exact) mass is 289 g/mol. The lowest BCUT2D eigenvalue weighted by molar-refractivity contribution is -0.148. The zero-order valence-electron chi connectivity index (χ0n) is 9.91. The predicted octanol–water partition coefficient (Wildman–Crippen LogP) is 0.444. The number of alkyl halides is 3. The quantitative estimate of drug-likeness (QED) is 0.771. The Bertz CT molecular complexity index is 351. The summed E-state index contributed by atoms with van der Waals surface area (Å²) in [6, 6.07) is 0. The molecule has 0 unspecified atom stereocenters.